The second-order valence-electron chi connectivity index (χ2n) is 27.7. The van der Waals surface area contributed by atoms with Crippen LogP contribution in [0.4, 0.5) is 8.78 Å². The second kappa shape index (κ2) is 16.2. The van der Waals surface area contributed by atoms with Crippen LogP contribution in [0, 0.1) is 154 Å². The van der Waals surface area contributed by atoms with Gasteiger partial charge in [0, 0.05) is 0 Å². The predicted molar refractivity (Wildman–Crippen MR) is 248 cm³/mol. The van der Waals surface area contributed by atoms with Crippen molar-refractivity contribution in [2.24, 2.45) is 154 Å². The molecule has 0 radical (unpaired) electrons. The Morgan fingerprint density at radius 2 is 0.516 bits per heavy atom. The molecule has 0 saturated heterocycles. The highest BCUT2D eigenvalue weighted by molar-refractivity contribution is 5.22. The van der Waals surface area contributed by atoms with Gasteiger partial charge in [-0.1, -0.05) is 154 Å². The van der Waals surface area contributed by atoms with Gasteiger partial charge in [0.15, 0.2) is 0 Å². The summed E-state index contributed by atoms with van der Waals surface area (Å²) < 4.78 is 35.6. The van der Waals surface area contributed by atoms with Gasteiger partial charge < -0.3 is 0 Å². The normalized spacial score (nSPS) is 57.8. The first kappa shape index (κ1) is 40.9. The molecule has 14 saturated carbocycles. The molecule has 0 aromatic heterocycles. The topological polar surface area (TPSA) is 0 Å². The van der Waals surface area contributed by atoms with Gasteiger partial charge in [-0.05, 0) is 205 Å². The van der Waals surface area contributed by atoms with E-state index in [1.54, 1.807) is 77.0 Å². The molecule has 24 atom stereocenters. The molecule has 62 heavy (non-hydrogen) atoms. The van der Waals surface area contributed by atoms with E-state index >= 15 is 8.78 Å². The van der Waals surface area contributed by atoms with E-state index in [0.717, 1.165) is 118 Å². The maximum Gasteiger partial charge on any atom is 0.135 e. The standard InChI is InChI=1S/C60H92F2/c61-59-50(35-19-9-3-10-20-35)56-41-26-14-25-40-52(41)45(58(56)51(60(59)62)36-21-11-4-12-22-36)32-44-47(33-15-5-1-6-16-33)57-43-31-39-24-13-23-37-27-28-38-29-30-42(54(43)48(38)46(37)39)55(57)49(53(40)44)34-17-7-2-8-18-34/h33-60H,1-32H2. The molecule has 0 heterocycles. The zero-order valence-electron chi connectivity index (χ0n) is 39.5. The Kier molecular flexibility index (Phi) is 10.7. The largest absolute Gasteiger partial charge is 0.244 e. The van der Waals surface area contributed by atoms with E-state index in [9.17, 15) is 0 Å². The van der Waals surface area contributed by atoms with E-state index < -0.39 is 12.3 Å². The molecule has 0 spiro atoms. The summed E-state index contributed by atoms with van der Waals surface area (Å²) in [4.78, 5) is 0. The molecule has 0 bridgehead atoms. The fourth-order valence-corrected chi connectivity index (χ4v) is 25.7. The van der Waals surface area contributed by atoms with Crippen LogP contribution >= 0.6 is 0 Å². The molecule has 0 aromatic carbocycles. The molecule has 0 nitrogen and oxygen atoms in total. The summed E-state index contributed by atoms with van der Waals surface area (Å²) in [6.07, 6.45) is 44.1. The summed E-state index contributed by atoms with van der Waals surface area (Å²) in [5.74, 6) is 21.6. The van der Waals surface area contributed by atoms with E-state index in [1.807, 2.05) is 0 Å². The van der Waals surface area contributed by atoms with Gasteiger partial charge >= 0.3 is 0 Å². The van der Waals surface area contributed by atoms with Gasteiger partial charge in [-0.3, -0.25) is 0 Å². The molecule has 14 rings (SSSR count). The molecule has 24 unspecified atom stereocenters. The lowest BCUT2D eigenvalue weighted by Gasteiger charge is -2.64. The first-order valence-corrected chi connectivity index (χ1v) is 29.9. The first-order valence-electron chi connectivity index (χ1n) is 29.9. The van der Waals surface area contributed by atoms with Crippen molar-refractivity contribution in [3.05, 3.63) is 0 Å². The van der Waals surface area contributed by atoms with Crippen molar-refractivity contribution in [2.75, 3.05) is 0 Å². The Bertz CT molecular complexity index is 1580. The number of alkyl halides is 2. The Morgan fingerprint density at radius 1 is 0.177 bits per heavy atom. The highest BCUT2D eigenvalue weighted by Crippen LogP contribution is 2.79. The van der Waals surface area contributed by atoms with Gasteiger partial charge in [-0.15, -0.1) is 0 Å². The lowest BCUT2D eigenvalue weighted by atomic mass is 9.41. The van der Waals surface area contributed by atoms with Gasteiger partial charge in [-0.2, -0.15) is 0 Å². The molecule has 346 valence electrons. The summed E-state index contributed by atoms with van der Waals surface area (Å²) >= 11 is 0. The van der Waals surface area contributed by atoms with Gasteiger partial charge in [-0.25, -0.2) is 8.78 Å². The van der Waals surface area contributed by atoms with Crippen molar-refractivity contribution in [3.63, 3.8) is 0 Å². The summed E-state index contributed by atoms with van der Waals surface area (Å²) in [6.45, 7) is 0. The number of fused-ring (bicyclic) bond motifs is 8. The van der Waals surface area contributed by atoms with Crippen molar-refractivity contribution < 1.29 is 8.78 Å². The molecule has 14 aliphatic carbocycles. The van der Waals surface area contributed by atoms with E-state index in [-0.39, 0.29) is 11.8 Å². The van der Waals surface area contributed by atoms with Crippen LogP contribution in [-0.4, -0.2) is 12.3 Å². The summed E-state index contributed by atoms with van der Waals surface area (Å²) in [6, 6.07) is 0. The van der Waals surface area contributed by atoms with Crippen LogP contribution in [0.2, 0.25) is 0 Å². The fraction of sp³-hybridized carbons (Fsp3) is 1.00. The molecule has 0 N–H and O–H groups in total. The van der Waals surface area contributed by atoms with Gasteiger partial charge in [0.25, 0.3) is 0 Å². The lowest BCUT2D eigenvalue weighted by Crippen LogP contribution is -2.59. The zero-order valence-corrected chi connectivity index (χ0v) is 39.5. The Labute approximate surface area is 379 Å². The predicted octanol–water partition coefficient (Wildman–Crippen LogP) is 16.4. The highest BCUT2D eigenvalue weighted by atomic mass is 19.2. The number of rotatable bonds is 4. The van der Waals surface area contributed by atoms with E-state index in [1.165, 1.54) is 128 Å². The third-order valence-corrected chi connectivity index (χ3v) is 26.5. The van der Waals surface area contributed by atoms with Crippen molar-refractivity contribution >= 4 is 0 Å². The zero-order chi connectivity index (χ0) is 40.8. The Morgan fingerprint density at radius 3 is 1.11 bits per heavy atom. The monoisotopic (exact) mass is 851 g/mol. The average Bonchev–Trinajstić information content (AvgIpc) is 3.83. The fourth-order valence-electron chi connectivity index (χ4n) is 25.7. The van der Waals surface area contributed by atoms with Crippen LogP contribution in [0.3, 0.4) is 0 Å². The van der Waals surface area contributed by atoms with E-state index in [2.05, 4.69) is 0 Å². The molecule has 0 aliphatic heterocycles. The number of hydrogen-bond donors (Lipinski definition) is 0. The minimum absolute atomic E-state index is 0.0358. The molecule has 14 fully saturated rings. The third kappa shape index (κ3) is 6.00. The van der Waals surface area contributed by atoms with Crippen LogP contribution < -0.4 is 0 Å². The van der Waals surface area contributed by atoms with Crippen molar-refractivity contribution in [1.29, 1.82) is 0 Å². The van der Waals surface area contributed by atoms with Gasteiger partial charge in [0.05, 0.1) is 0 Å². The Hall–Kier alpha value is -0.140. The SMILES string of the molecule is FC1C(F)C(C2CCCCC2)C2C3CC4C(C5CCCCC5)C5C6CC7CCCC8CCC9CCC(C6C9C87)C5C(C5CCCCC5)C4C4CCCC(C43)C2C1C1CCCCC1. The molecule has 0 amide bonds. The maximum atomic E-state index is 17.9. The van der Waals surface area contributed by atoms with Crippen LogP contribution in [0.15, 0.2) is 0 Å². The van der Waals surface area contributed by atoms with Crippen LogP contribution in [0.25, 0.3) is 0 Å². The van der Waals surface area contributed by atoms with Crippen molar-refractivity contribution in [2.45, 2.75) is 218 Å². The summed E-state index contributed by atoms with van der Waals surface area (Å²) in [7, 11) is 0. The average molecular weight is 851 g/mol. The maximum absolute atomic E-state index is 17.9. The molecule has 14 aliphatic rings. The second-order valence-corrected chi connectivity index (χ2v) is 27.7. The molecular weight excluding hydrogens is 759 g/mol. The molecule has 0 aromatic rings. The van der Waals surface area contributed by atoms with E-state index in [0.29, 0.717) is 23.7 Å². The van der Waals surface area contributed by atoms with Crippen LogP contribution in [-0.2, 0) is 0 Å². The number of halogens is 2. The minimum Gasteiger partial charge on any atom is -0.244 e. The molecule has 2 heteroatoms. The summed E-state index contributed by atoms with van der Waals surface area (Å²) in [5.41, 5.74) is 0. The van der Waals surface area contributed by atoms with Gasteiger partial charge in [0.2, 0.25) is 0 Å². The third-order valence-electron chi connectivity index (χ3n) is 26.5. The van der Waals surface area contributed by atoms with Crippen LogP contribution in [0.5, 0.6) is 0 Å². The van der Waals surface area contributed by atoms with Crippen LogP contribution in [0.1, 0.15) is 205 Å². The summed E-state index contributed by atoms with van der Waals surface area (Å²) in [5, 5.41) is 0. The van der Waals surface area contributed by atoms with Gasteiger partial charge in [0.1, 0.15) is 12.3 Å². The minimum atomic E-state index is -1.18. The smallest absolute Gasteiger partial charge is 0.135 e. The quantitative estimate of drug-likeness (QED) is 0.264. The first-order chi connectivity index (χ1) is 30.7. The lowest BCUT2D eigenvalue weighted by molar-refractivity contribution is -0.165. The van der Waals surface area contributed by atoms with E-state index in [4.69, 9.17) is 0 Å². The number of hydrogen-bond acceptors (Lipinski definition) is 0. The van der Waals surface area contributed by atoms with Crippen molar-refractivity contribution in [1.82, 2.24) is 0 Å². The van der Waals surface area contributed by atoms with Crippen molar-refractivity contribution in [3.8, 4) is 0 Å². The highest BCUT2D eigenvalue weighted by Gasteiger charge is 2.74. The Balaban J connectivity index is 0.922. The molecular formula is C60H92F2.